The van der Waals surface area contributed by atoms with Gasteiger partial charge in [-0.05, 0) is 37.5 Å². The van der Waals surface area contributed by atoms with Crippen LogP contribution in [-0.2, 0) is 4.79 Å². The predicted molar refractivity (Wildman–Crippen MR) is 79.2 cm³/mol. The lowest BCUT2D eigenvalue weighted by molar-refractivity contribution is -0.123. The first kappa shape index (κ1) is 14.1. The number of aryl methyl sites for hydroxylation is 1. The lowest BCUT2D eigenvalue weighted by Crippen LogP contribution is -2.40. The maximum atomic E-state index is 12.7. The van der Waals surface area contributed by atoms with Crippen molar-refractivity contribution < 1.29 is 4.79 Å². The minimum absolute atomic E-state index is 0.195. The molecule has 1 aromatic rings. The molecule has 0 aromatic heterocycles. The van der Waals surface area contributed by atoms with Gasteiger partial charge in [0.1, 0.15) is 0 Å². The van der Waals surface area contributed by atoms with Gasteiger partial charge in [0.15, 0.2) is 0 Å². The lowest BCUT2D eigenvalue weighted by Gasteiger charge is -2.29. The number of nitrogens with two attached hydrogens (primary N) is 1. The molecule has 0 heterocycles. The first-order valence-corrected chi connectivity index (χ1v) is 7.30. The molecule has 1 saturated carbocycles. The molecule has 0 atom stereocenters. The van der Waals surface area contributed by atoms with Gasteiger partial charge >= 0.3 is 0 Å². The zero-order valence-corrected chi connectivity index (χ0v) is 11.8. The molecule has 1 aliphatic carbocycles. The van der Waals surface area contributed by atoms with Crippen molar-refractivity contribution in [2.45, 2.75) is 39.0 Å². The van der Waals surface area contributed by atoms with Crippen molar-refractivity contribution in [3.63, 3.8) is 0 Å². The van der Waals surface area contributed by atoms with E-state index in [1.165, 1.54) is 24.8 Å². The summed E-state index contributed by atoms with van der Waals surface area (Å²) in [5, 5.41) is 0. The number of rotatable bonds is 4. The van der Waals surface area contributed by atoms with Crippen LogP contribution in [0.3, 0.4) is 0 Å². The number of nitrogens with zero attached hydrogens (tertiary/aromatic N) is 1. The van der Waals surface area contributed by atoms with E-state index in [9.17, 15) is 4.79 Å². The molecule has 104 valence electrons. The molecule has 2 N–H and O–H groups in total. The van der Waals surface area contributed by atoms with Crippen LogP contribution < -0.4 is 10.6 Å². The zero-order valence-electron chi connectivity index (χ0n) is 11.8. The molecule has 19 heavy (non-hydrogen) atoms. The first-order chi connectivity index (χ1) is 9.22. The van der Waals surface area contributed by atoms with Gasteiger partial charge < -0.3 is 10.6 Å². The monoisotopic (exact) mass is 260 g/mol. The summed E-state index contributed by atoms with van der Waals surface area (Å²) >= 11 is 0. The summed E-state index contributed by atoms with van der Waals surface area (Å²) in [7, 11) is 0. The van der Waals surface area contributed by atoms with E-state index in [4.69, 9.17) is 5.73 Å². The molecule has 1 aliphatic rings. The van der Waals surface area contributed by atoms with E-state index in [-0.39, 0.29) is 11.8 Å². The van der Waals surface area contributed by atoms with E-state index in [0.717, 1.165) is 18.5 Å². The molecule has 3 nitrogen and oxygen atoms in total. The Kier molecular flexibility index (Phi) is 4.97. The van der Waals surface area contributed by atoms with Crippen LogP contribution in [0.25, 0.3) is 0 Å². The minimum atomic E-state index is 0.195. The van der Waals surface area contributed by atoms with Crippen molar-refractivity contribution in [1.29, 1.82) is 0 Å². The topological polar surface area (TPSA) is 46.3 Å². The summed E-state index contributed by atoms with van der Waals surface area (Å²) in [5.74, 6) is 0.455. The molecule has 0 saturated heterocycles. The third-order valence-corrected chi connectivity index (χ3v) is 3.89. The van der Waals surface area contributed by atoms with Crippen LogP contribution in [0.4, 0.5) is 5.69 Å². The molecule has 0 radical (unpaired) electrons. The third-order valence-electron chi connectivity index (χ3n) is 3.89. The normalized spacial score (nSPS) is 16.3. The van der Waals surface area contributed by atoms with E-state index in [2.05, 4.69) is 19.1 Å². The average Bonchev–Trinajstić information content (AvgIpc) is 2.45. The molecule has 1 fully saturated rings. The third kappa shape index (κ3) is 3.57. The number of hydrogen-bond acceptors (Lipinski definition) is 2. The highest BCUT2D eigenvalue weighted by Gasteiger charge is 2.26. The summed E-state index contributed by atoms with van der Waals surface area (Å²) < 4.78 is 0. The van der Waals surface area contributed by atoms with Crippen molar-refractivity contribution in [1.82, 2.24) is 0 Å². The smallest absolute Gasteiger partial charge is 0.230 e. The Morgan fingerprint density at radius 3 is 2.68 bits per heavy atom. The fourth-order valence-electron chi connectivity index (χ4n) is 2.86. The second-order valence-electron chi connectivity index (χ2n) is 5.45. The molecule has 0 spiro atoms. The van der Waals surface area contributed by atoms with Crippen molar-refractivity contribution in [2.75, 3.05) is 18.0 Å². The van der Waals surface area contributed by atoms with Gasteiger partial charge in [-0.2, -0.15) is 0 Å². The van der Waals surface area contributed by atoms with Gasteiger partial charge in [-0.1, -0.05) is 31.4 Å². The van der Waals surface area contributed by atoms with Crippen molar-refractivity contribution >= 4 is 11.6 Å². The maximum Gasteiger partial charge on any atom is 0.230 e. The standard InChI is InChI=1S/C16H24N2O/c1-13-6-5-9-15(12-13)18(11-10-17)16(19)14-7-3-2-4-8-14/h5-6,9,12,14H,2-4,7-8,10-11,17H2,1H3. The SMILES string of the molecule is Cc1cccc(N(CCN)C(=O)C2CCCCC2)c1. The summed E-state index contributed by atoms with van der Waals surface area (Å²) in [6.45, 7) is 3.17. The fraction of sp³-hybridized carbons (Fsp3) is 0.562. The summed E-state index contributed by atoms with van der Waals surface area (Å²) in [6, 6.07) is 8.12. The largest absolute Gasteiger partial charge is 0.329 e. The first-order valence-electron chi connectivity index (χ1n) is 7.30. The molecule has 2 rings (SSSR count). The minimum Gasteiger partial charge on any atom is -0.329 e. The predicted octanol–water partition coefficient (Wildman–Crippen LogP) is 2.87. The molecule has 3 heteroatoms. The Morgan fingerprint density at radius 1 is 1.32 bits per heavy atom. The van der Waals surface area contributed by atoms with Crippen LogP contribution in [0.15, 0.2) is 24.3 Å². The number of hydrogen-bond donors (Lipinski definition) is 1. The Bertz CT molecular complexity index is 425. The number of carbonyl (C=O) groups is 1. The molecular formula is C16H24N2O. The quantitative estimate of drug-likeness (QED) is 0.904. The zero-order chi connectivity index (χ0) is 13.7. The molecular weight excluding hydrogens is 236 g/mol. The van der Waals surface area contributed by atoms with Crippen LogP contribution in [0.1, 0.15) is 37.7 Å². The van der Waals surface area contributed by atoms with E-state index in [1.807, 2.05) is 17.0 Å². The number of carbonyl (C=O) groups excluding carboxylic acids is 1. The Morgan fingerprint density at radius 2 is 2.05 bits per heavy atom. The molecule has 1 aromatic carbocycles. The highest BCUT2D eigenvalue weighted by Crippen LogP contribution is 2.27. The van der Waals surface area contributed by atoms with Gasteiger partial charge in [0.2, 0.25) is 5.91 Å². The van der Waals surface area contributed by atoms with Crippen molar-refractivity contribution in [2.24, 2.45) is 11.7 Å². The van der Waals surface area contributed by atoms with Gasteiger partial charge in [-0.3, -0.25) is 4.79 Å². The van der Waals surface area contributed by atoms with Gasteiger partial charge in [0, 0.05) is 24.7 Å². The Labute approximate surface area is 115 Å². The lowest BCUT2D eigenvalue weighted by atomic mass is 9.88. The van der Waals surface area contributed by atoms with Gasteiger partial charge in [-0.15, -0.1) is 0 Å². The van der Waals surface area contributed by atoms with Crippen LogP contribution in [0.5, 0.6) is 0 Å². The molecule has 0 unspecified atom stereocenters. The molecule has 1 amide bonds. The Hall–Kier alpha value is -1.35. The van der Waals surface area contributed by atoms with E-state index in [1.54, 1.807) is 0 Å². The second kappa shape index (κ2) is 6.71. The van der Waals surface area contributed by atoms with Crippen LogP contribution in [0, 0.1) is 12.8 Å². The van der Waals surface area contributed by atoms with Crippen LogP contribution in [-0.4, -0.2) is 19.0 Å². The fourth-order valence-corrected chi connectivity index (χ4v) is 2.86. The van der Waals surface area contributed by atoms with Crippen molar-refractivity contribution in [3.8, 4) is 0 Å². The average molecular weight is 260 g/mol. The molecule has 0 aliphatic heterocycles. The highest BCUT2D eigenvalue weighted by atomic mass is 16.2. The van der Waals surface area contributed by atoms with Crippen molar-refractivity contribution in [3.05, 3.63) is 29.8 Å². The summed E-state index contributed by atoms with van der Waals surface area (Å²) in [4.78, 5) is 14.5. The highest BCUT2D eigenvalue weighted by molar-refractivity contribution is 5.95. The van der Waals surface area contributed by atoms with Gasteiger partial charge in [-0.25, -0.2) is 0 Å². The van der Waals surface area contributed by atoms with Gasteiger partial charge in [0.05, 0.1) is 0 Å². The maximum absolute atomic E-state index is 12.7. The number of amides is 1. The molecule has 0 bridgehead atoms. The van der Waals surface area contributed by atoms with Crippen LogP contribution in [0.2, 0.25) is 0 Å². The van der Waals surface area contributed by atoms with Gasteiger partial charge in [0.25, 0.3) is 0 Å². The number of benzene rings is 1. The second-order valence-corrected chi connectivity index (χ2v) is 5.45. The summed E-state index contributed by atoms with van der Waals surface area (Å²) in [6.07, 6.45) is 5.70. The summed E-state index contributed by atoms with van der Waals surface area (Å²) in [5.41, 5.74) is 7.84. The van der Waals surface area contributed by atoms with E-state index >= 15 is 0 Å². The number of anilines is 1. The van der Waals surface area contributed by atoms with E-state index < -0.39 is 0 Å². The Balaban J connectivity index is 2.16. The van der Waals surface area contributed by atoms with Crippen LogP contribution >= 0.6 is 0 Å². The van der Waals surface area contributed by atoms with E-state index in [0.29, 0.717) is 13.1 Å².